The predicted octanol–water partition coefficient (Wildman–Crippen LogP) is 3.87. The van der Waals surface area contributed by atoms with Gasteiger partial charge in [0, 0.05) is 15.4 Å². The molecule has 1 aromatic carbocycles. The summed E-state index contributed by atoms with van der Waals surface area (Å²) in [7, 11) is 1.94. The number of aryl methyl sites for hydroxylation is 1. The van der Waals surface area contributed by atoms with Gasteiger partial charge in [-0.3, -0.25) is 0 Å². The third kappa shape index (κ3) is 2.15. The van der Waals surface area contributed by atoms with Gasteiger partial charge in [0.05, 0.1) is 6.54 Å². The van der Waals surface area contributed by atoms with E-state index in [2.05, 4.69) is 34.2 Å². The van der Waals surface area contributed by atoms with Crippen LogP contribution in [0.2, 0.25) is 0 Å². The van der Waals surface area contributed by atoms with Crippen LogP contribution in [-0.4, -0.2) is 7.05 Å². The summed E-state index contributed by atoms with van der Waals surface area (Å²) in [6.45, 7) is 2.99. The van der Waals surface area contributed by atoms with Crippen molar-refractivity contribution >= 4 is 26.9 Å². The SMILES string of the molecule is CCCc1c(CNC)oc2ccc(Br)cc12. The lowest BCUT2D eigenvalue weighted by molar-refractivity contribution is 0.523. The normalized spacial score (nSPS) is 11.2. The lowest BCUT2D eigenvalue weighted by Gasteiger charge is -2.00. The summed E-state index contributed by atoms with van der Waals surface area (Å²) in [5, 5.41) is 4.39. The Morgan fingerprint density at radius 2 is 2.19 bits per heavy atom. The molecule has 16 heavy (non-hydrogen) atoms. The molecule has 0 amide bonds. The lowest BCUT2D eigenvalue weighted by Crippen LogP contribution is -2.05. The van der Waals surface area contributed by atoms with E-state index in [1.54, 1.807) is 0 Å². The molecule has 2 rings (SSSR count). The maximum absolute atomic E-state index is 5.86. The van der Waals surface area contributed by atoms with Crippen LogP contribution >= 0.6 is 15.9 Å². The highest BCUT2D eigenvalue weighted by molar-refractivity contribution is 9.10. The number of furan rings is 1. The molecule has 0 aliphatic carbocycles. The highest BCUT2D eigenvalue weighted by Gasteiger charge is 2.12. The van der Waals surface area contributed by atoms with Gasteiger partial charge in [0.1, 0.15) is 11.3 Å². The minimum atomic E-state index is 0.793. The fraction of sp³-hybridized carbons (Fsp3) is 0.385. The molecule has 0 aliphatic rings. The molecule has 0 atom stereocenters. The minimum absolute atomic E-state index is 0.793. The first kappa shape index (κ1) is 11.7. The number of benzene rings is 1. The van der Waals surface area contributed by atoms with Crippen LogP contribution in [0.3, 0.4) is 0 Å². The topological polar surface area (TPSA) is 25.2 Å². The zero-order valence-electron chi connectivity index (χ0n) is 9.64. The van der Waals surface area contributed by atoms with Crippen LogP contribution in [0, 0.1) is 0 Å². The Kier molecular flexibility index (Phi) is 3.66. The molecular formula is C13H16BrNO. The van der Waals surface area contributed by atoms with Crippen LogP contribution in [-0.2, 0) is 13.0 Å². The van der Waals surface area contributed by atoms with Crippen LogP contribution in [0.4, 0.5) is 0 Å². The summed E-state index contributed by atoms with van der Waals surface area (Å²) >= 11 is 3.51. The van der Waals surface area contributed by atoms with E-state index in [0.717, 1.165) is 35.2 Å². The molecule has 86 valence electrons. The van der Waals surface area contributed by atoms with E-state index in [1.165, 1.54) is 10.9 Å². The third-order valence-electron chi connectivity index (χ3n) is 2.67. The van der Waals surface area contributed by atoms with Gasteiger partial charge in [-0.1, -0.05) is 29.3 Å². The zero-order valence-corrected chi connectivity index (χ0v) is 11.2. The first-order valence-electron chi connectivity index (χ1n) is 5.60. The van der Waals surface area contributed by atoms with Crippen molar-refractivity contribution in [2.24, 2.45) is 0 Å². The largest absolute Gasteiger partial charge is 0.459 e. The number of hydrogen-bond donors (Lipinski definition) is 1. The molecule has 0 radical (unpaired) electrons. The van der Waals surface area contributed by atoms with Crippen LogP contribution in [0.25, 0.3) is 11.0 Å². The van der Waals surface area contributed by atoms with Crippen molar-refractivity contribution in [3.63, 3.8) is 0 Å². The van der Waals surface area contributed by atoms with E-state index in [0.29, 0.717) is 0 Å². The number of rotatable bonds is 4. The zero-order chi connectivity index (χ0) is 11.5. The highest BCUT2D eigenvalue weighted by atomic mass is 79.9. The van der Waals surface area contributed by atoms with E-state index in [-0.39, 0.29) is 0 Å². The molecule has 0 saturated heterocycles. The molecule has 2 aromatic rings. The Morgan fingerprint density at radius 3 is 2.88 bits per heavy atom. The van der Waals surface area contributed by atoms with E-state index in [4.69, 9.17) is 4.42 Å². The Balaban J connectivity index is 2.57. The van der Waals surface area contributed by atoms with E-state index in [1.807, 2.05) is 19.2 Å². The lowest BCUT2D eigenvalue weighted by atomic mass is 10.1. The fourth-order valence-electron chi connectivity index (χ4n) is 2.00. The summed E-state index contributed by atoms with van der Waals surface area (Å²) in [5.41, 5.74) is 2.32. The van der Waals surface area contributed by atoms with Crippen molar-refractivity contribution < 1.29 is 4.42 Å². The van der Waals surface area contributed by atoms with E-state index in [9.17, 15) is 0 Å². The van der Waals surface area contributed by atoms with Gasteiger partial charge in [0.25, 0.3) is 0 Å². The smallest absolute Gasteiger partial charge is 0.134 e. The Bertz CT molecular complexity index is 490. The quantitative estimate of drug-likeness (QED) is 0.921. The van der Waals surface area contributed by atoms with Gasteiger partial charge in [-0.2, -0.15) is 0 Å². The van der Waals surface area contributed by atoms with Crippen molar-refractivity contribution in [1.82, 2.24) is 5.32 Å². The van der Waals surface area contributed by atoms with Crippen molar-refractivity contribution in [3.05, 3.63) is 34.0 Å². The van der Waals surface area contributed by atoms with Crippen LogP contribution in [0.15, 0.2) is 27.1 Å². The van der Waals surface area contributed by atoms with Crippen molar-refractivity contribution in [2.45, 2.75) is 26.3 Å². The Morgan fingerprint density at radius 1 is 1.38 bits per heavy atom. The second kappa shape index (κ2) is 5.02. The monoisotopic (exact) mass is 281 g/mol. The van der Waals surface area contributed by atoms with Gasteiger partial charge in [-0.15, -0.1) is 0 Å². The Labute approximate surface area is 104 Å². The molecule has 0 aliphatic heterocycles. The molecule has 0 bridgehead atoms. The van der Waals surface area contributed by atoms with Crippen molar-refractivity contribution in [3.8, 4) is 0 Å². The highest BCUT2D eigenvalue weighted by Crippen LogP contribution is 2.29. The van der Waals surface area contributed by atoms with Gasteiger partial charge in [0.15, 0.2) is 0 Å². The molecule has 0 fully saturated rings. The second-order valence-electron chi connectivity index (χ2n) is 3.92. The summed E-state index contributed by atoms with van der Waals surface area (Å²) in [6, 6.07) is 6.19. The number of nitrogens with one attached hydrogen (secondary N) is 1. The van der Waals surface area contributed by atoms with E-state index < -0.39 is 0 Å². The first-order chi connectivity index (χ1) is 7.76. The van der Waals surface area contributed by atoms with Crippen molar-refractivity contribution in [2.75, 3.05) is 7.05 Å². The summed E-state index contributed by atoms with van der Waals surface area (Å²) in [4.78, 5) is 0. The molecule has 1 N–H and O–H groups in total. The molecule has 0 unspecified atom stereocenters. The molecule has 2 nitrogen and oxygen atoms in total. The van der Waals surface area contributed by atoms with Gasteiger partial charge in [0.2, 0.25) is 0 Å². The van der Waals surface area contributed by atoms with Crippen molar-refractivity contribution in [1.29, 1.82) is 0 Å². The average Bonchev–Trinajstić information content (AvgIpc) is 2.58. The second-order valence-corrected chi connectivity index (χ2v) is 4.84. The Hall–Kier alpha value is -0.800. The molecule has 3 heteroatoms. The fourth-order valence-corrected chi connectivity index (χ4v) is 2.36. The van der Waals surface area contributed by atoms with Gasteiger partial charge < -0.3 is 9.73 Å². The standard InChI is InChI=1S/C13H16BrNO/c1-3-4-10-11-7-9(14)5-6-12(11)16-13(10)8-15-2/h5-7,15H,3-4,8H2,1-2H3. The predicted molar refractivity (Wildman–Crippen MR) is 70.7 cm³/mol. The number of halogens is 1. The van der Waals surface area contributed by atoms with Gasteiger partial charge >= 0.3 is 0 Å². The van der Waals surface area contributed by atoms with Gasteiger partial charge in [-0.25, -0.2) is 0 Å². The van der Waals surface area contributed by atoms with Crippen LogP contribution in [0.5, 0.6) is 0 Å². The molecule has 0 saturated carbocycles. The molecule has 1 heterocycles. The maximum atomic E-state index is 5.86. The molecule has 0 spiro atoms. The summed E-state index contributed by atoms with van der Waals surface area (Å²) in [5.74, 6) is 1.07. The number of hydrogen-bond acceptors (Lipinski definition) is 2. The van der Waals surface area contributed by atoms with Crippen LogP contribution in [0.1, 0.15) is 24.7 Å². The minimum Gasteiger partial charge on any atom is -0.459 e. The summed E-state index contributed by atoms with van der Waals surface area (Å²) in [6.07, 6.45) is 2.21. The third-order valence-corrected chi connectivity index (χ3v) is 3.17. The van der Waals surface area contributed by atoms with Gasteiger partial charge in [-0.05, 0) is 31.7 Å². The number of fused-ring (bicyclic) bond motifs is 1. The molecule has 1 aromatic heterocycles. The maximum Gasteiger partial charge on any atom is 0.134 e. The summed E-state index contributed by atoms with van der Waals surface area (Å²) < 4.78 is 6.97. The van der Waals surface area contributed by atoms with Crippen LogP contribution < -0.4 is 5.32 Å². The molecular weight excluding hydrogens is 266 g/mol. The average molecular weight is 282 g/mol. The van der Waals surface area contributed by atoms with E-state index >= 15 is 0 Å². The first-order valence-corrected chi connectivity index (χ1v) is 6.40.